The monoisotopic (exact) mass is 295 g/mol. The van der Waals surface area contributed by atoms with Crippen LogP contribution in [0.4, 0.5) is 0 Å². The minimum Gasteiger partial charge on any atom is -0.313 e. The molecule has 1 aromatic rings. The summed E-state index contributed by atoms with van der Waals surface area (Å²) >= 11 is 0. The van der Waals surface area contributed by atoms with E-state index in [4.69, 9.17) is 0 Å². The van der Waals surface area contributed by atoms with Crippen LogP contribution in [0, 0.1) is 0 Å². The highest BCUT2D eigenvalue weighted by Crippen LogP contribution is 2.32. The average molecular weight is 295 g/mol. The maximum atomic E-state index is 11.4. The topological polar surface area (TPSA) is 46.2 Å². The van der Waals surface area contributed by atoms with Crippen molar-refractivity contribution in [3.05, 3.63) is 35.9 Å². The molecule has 4 heteroatoms. The number of nitrogens with one attached hydrogen (secondary N) is 1. The van der Waals surface area contributed by atoms with E-state index in [0.717, 1.165) is 12.8 Å². The highest BCUT2D eigenvalue weighted by atomic mass is 32.2. The highest BCUT2D eigenvalue weighted by molar-refractivity contribution is 7.91. The molecule has 112 valence electrons. The molecule has 0 amide bonds. The first kappa shape index (κ1) is 15.5. The molecule has 1 aliphatic carbocycles. The van der Waals surface area contributed by atoms with Gasteiger partial charge in [0.25, 0.3) is 0 Å². The van der Waals surface area contributed by atoms with Gasteiger partial charge in [-0.3, -0.25) is 0 Å². The first-order valence-electron chi connectivity index (χ1n) is 7.59. The summed E-state index contributed by atoms with van der Waals surface area (Å²) in [5, 5.41) is 3.40. The van der Waals surface area contributed by atoms with Crippen molar-refractivity contribution in [2.75, 3.05) is 18.1 Å². The zero-order valence-corrected chi connectivity index (χ0v) is 13.0. The quantitative estimate of drug-likeness (QED) is 0.878. The smallest absolute Gasteiger partial charge is 0.151 e. The maximum Gasteiger partial charge on any atom is 0.151 e. The third kappa shape index (κ3) is 4.60. The van der Waals surface area contributed by atoms with Gasteiger partial charge in [-0.25, -0.2) is 8.42 Å². The second-order valence-electron chi connectivity index (χ2n) is 5.65. The fourth-order valence-electron chi connectivity index (χ4n) is 2.92. The third-order valence-electron chi connectivity index (χ3n) is 4.28. The normalized spacial score (nSPS) is 23.6. The maximum absolute atomic E-state index is 11.4. The van der Waals surface area contributed by atoms with E-state index in [9.17, 15) is 8.42 Å². The second kappa shape index (κ2) is 7.23. The van der Waals surface area contributed by atoms with Crippen LogP contribution in [0.25, 0.3) is 0 Å². The van der Waals surface area contributed by atoms with Gasteiger partial charge in [0.1, 0.15) is 0 Å². The van der Waals surface area contributed by atoms with E-state index < -0.39 is 9.84 Å². The number of sulfone groups is 1. The van der Waals surface area contributed by atoms with Crippen LogP contribution in [-0.2, 0) is 9.84 Å². The molecule has 0 bridgehead atoms. The predicted molar refractivity (Wildman–Crippen MR) is 83.8 cm³/mol. The predicted octanol–water partition coefficient (Wildman–Crippen LogP) is 2.74. The van der Waals surface area contributed by atoms with Crippen LogP contribution in [0.5, 0.6) is 0 Å². The molecule has 0 aromatic heterocycles. The van der Waals surface area contributed by atoms with E-state index >= 15 is 0 Å². The second-order valence-corrected chi connectivity index (χ2v) is 8.12. The molecular weight excluding hydrogens is 270 g/mol. The lowest BCUT2D eigenvalue weighted by atomic mass is 9.82. The van der Waals surface area contributed by atoms with Crippen molar-refractivity contribution < 1.29 is 8.42 Å². The first-order valence-corrected chi connectivity index (χ1v) is 9.41. The number of hydrogen-bond acceptors (Lipinski definition) is 3. The molecule has 1 fully saturated rings. The molecule has 0 atom stereocenters. The van der Waals surface area contributed by atoms with E-state index in [-0.39, 0.29) is 11.5 Å². The van der Waals surface area contributed by atoms with Crippen molar-refractivity contribution in [1.82, 2.24) is 5.32 Å². The summed E-state index contributed by atoms with van der Waals surface area (Å²) in [6, 6.07) is 11.2. The highest BCUT2D eigenvalue weighted by Gasteiger charge is 2.22. The summed E-state index contributed by atoms with van der Waals surface area (Å²) in [6.07, 6.45) is 4.68. The average Bonchev–Trinajstić information content (AvgIpc) is 2.49. The zero-order valence-electron chi connectivity index (χ0n) is 12.2. The Bertz CT molecular complexity index is 490. The minimum atomic E-state index is -2.84. The standard InChI is InChI=1S/C16H25NO2S/c1-2-20(18,19)13-12-17-16-10-8-15(9-11-16)14-6-4-3-5-7-14/h3-7,15-17H,2,8-13H2,1H3. The lowest BCUT2D eigenvalue weighted by molar-refractivity contribution is 0.348. The third-order valence-corrected chi connectivity index (χ3v) is 5.99. The van der Waals surface area contributed by atoms with Crippen LogP contribution in [0.2, 0.25) is 0 Å². The minimum absolute atomic E-state index is 0.245. The van der Waals surface area contributed by atoms with Gasteiger partial charge in [0.2, 0.25) is 0 Å². The van der Waals surface area contributed by atoms with Gasteiger partial charge in [-0.15, -0.1) is 0 Å². The van der Waals surface area contributed by atoms with Crippen molar-refractivity contribution in [2.45, 2.75) is 44.6 Å². The molecular formula is C16H25NO2S. The number of hydrogen-bond donors (Lipinski definition) is 1. The van der Waals surface area contributed by atoms with E-state index in [1.54, 1.807) is 6.92 Å². The molecule has 0 radical (unpaired) electrons. The Kier molecular flexibility index (Phi) is 5.61. The first-order chi connectivity index (χ1) is 9.61. The van der Waals surface area contributed by atoms with Crippen molar-refractivity contribution in [3.63, 3.8) is 0 Å². The van der Waals surface area contributed by atoms with Crippen LogP contribution in [0.3, 0.4) is 0 Å². The summed E-state index contributed by atoms with van der Waals surface area (Å²) in [7, 11) is -2.84. The van der Waals surface area contributed by atoms with Gasteiger partial charge in [0.05, 0.1) is 5.75 Å². The lowest BCUT2D eigenvalue weighted by Crippen LogP contribution is -2.36. The Morgan fingerprint density at radius 1 is 1.10 bits per heavy atom. The molecule has 1 aliphatic rings. The van der Waals surface area contributed by atoms with E-state index in [0.29, 0.717) is 18.5 Å². The molecule has 1 saturated carbocycles. The zero-order chi connectivity index (χ0) is 14.4. The summed E-state index contributed by atoms with van der Waals surface area (Å²) in [6.45, 7) is 2.30. The van der Waals surface area contributed by atoms with Crippen LogP contribution in [0.15, 0.2) is 30.3 Å². The molecule has 20 heavy (non-hydrogen) atoms. The largest absolute Gasteiger partial charge is 0.313 e. The summed E-state index contributed by atoms with van der Waals surface area (Å²) in [5.74, 6) is 1.19. The Hall–Kier alpha value is -0.870. The van der Waals surface area contributed by atoms with Gasteiger partial charge in [-0.1, -0.05) is 37.3 Å². The number of benzene rings is 1. The number of rotatable bonds is 6. The fourth-order valence-corrected chi connectivity index (χ4v) is 3.64. The Balaban J connectivity index is 1.72. The summed E-state index contributed by atoms with van der Waals surface area (Å²) in [5.41, 5.74) is 1.44. The van der Waals surface area contributed by atoms with E-state index in [2.05, 4.69) is 35.6 Å². The van der Waals surface area contributed by atoms with Gasteiger partial charge in [-0.2, -0.15) is 0 Å². The molecule has 0 saturated heterocycles. The Morgan fingerprint density at radius 3 is 2.35 bits per heavy atom. The molecule has 1 aromatic carbocycles. The van der Waals surface area contributed by atoms with Crippen molar-refractivity contribution >= 4 is 9.84 Å². The van der Waals surface area contributed by atoms with Gasteiger partial charge >= 0.3 is 0 Å². The molecule has 3 nitrogen and oxygen atoms in total. The van der Waals surface area contributed by atoms with Crippen LogP contribution in [0.1, 0.15) is 44.1 Å². The van der Waals surface area contributed by atoms with Crippen LogP contribution >= 0.6 is 0 Å². The molecule has 0 spiro atoms. The fraction of sp³-hybridized carbons (Fsp3) is 0.625. The van der Waals surface area contributed by atoms with Crippen LogP contribution in [-0.4, -0.2) is 32.5 Å². The van der Waals surface area contributed by atoms with E-state index in [1.165, 1.54) is 18.4 Å². The molecule has 0 unspecified atom stereocenters. The SMILES string of the molecule is CCS(=O)(=O)CCNC1CCC(c2ccccc2)CC1. The van der Waals surface area contributed by atoms with Crippen molar-refractivity contribution in [2.24, 2.45) is 0 Å². The van der Waals surface area contributed by atoms with Crippen LogP contribution < -0.4 is 5.32 Å². The molecule has 2 rings (SSSR count). The molecule has 1 N–H and O–H groups in total. The summed E-state index contributed by atoms with van der Waals surface area (Å²) in [4.78, 5) is 0. The van der Waals surface area contributed by atoms with Gasteiger partial charge in [0, 0.05) is 18.3 Å². The Morgan fingerprint density at radius 2 is 1.75 bits per heavy atom. The molecule has 0 aliphatic heterocycles. The summed E-state index contributed by atoms with van der Waals surface area (Å²) < 4.78 is 22.9. The molecule has 0 heterocycles. The van der Waals surface area contributed by atoms with Crippen molar-refractivity contribution in [1.29, 1.82) is 0 Å². The van der Waals surface area contributed by atoms with Gasteiger partial charge in [0.15, 0.2) is 9.84 Å². The van der Waals surface area contributed by atoms with Gasteiger partial charge in [-0.05, 0) is 37.2 Å². The van der Waals surface area contributed by atoms with Gasteiger partial charge < -0.3 is 5.32 Å². The van der Waals surface area contributed by atoms with E-state index in [1.807, 2.05) is 0 Å². The lowest BCUT2D eigenvalue weighted by Gasteiger charge is -2.29. The van der Waals surface area contributed by atoms with Crippen molar-refractivity contribution in [3.8, 4) is 0 Å². The Labute approximate surface area is 122 Å².